The third-order valence-electron chi connectivity index (χ3n) is 5.46. The average molecular weight is 400 g/mol. The molecule has 4 rings (SSSR count). The van der Waals surface area contributed by atoms with Gasteiger partial charge in [-0.3, -0.25) is 19.6 Å². The Hall–Kier alpha value is -3.54. The largest absolute Gasteiger partial charge is 0.366 e. The zero-order valence-corrected chi connectivity index (χ0v) is 16.7. The van der Waals surface area contributed by atoms with Crippen LogP contribution in [0.2, 0.25) is 0 Å². The maximum atomic E-state index is 12.8. The van der Waals surface area contributed by atoms with Gasteiger partial charge in [-0.15, -0.1) is 0 Å². The number of nitrogens with two attached hydrogens (primary N) is 1. The number of piperidine rings is 1. The van der Waals surface area contributed by atoms with Crippen molar-refractivity contribution < 1.29 is 9.59 Å². The van der Waals surface area contributed by atoms with E-state index in [9.17, 15) is 9.59 Å². The lowest BCUT2D eigenvalue weighted by Gasteiger charge is -2.32. The minimum atomic E-state index is -0.456. The van der Waals surface area contributed by atoms with Crippen LogP contribution in [0.3, 0.4) is 0 Å². The van der Waals surface area contributed by atoms with E-state index < -0.39 is 5.91 Å². The number of carbonyl (C=O) groups is 2. The van der Waals surface area contributed by atoms with Crippen LogP contribution < -0.4 is 5.73 Å². The molecule has 1 saturated heterocycles. The topological polar surface area (TPSA) is 89.2 Å². The molecule has 6 heteroatoms. The van der Waals surface area contributed by atoms with E-state index in [0.717, 1.165) is 42.0 Å². The maximum Gasteiger partial charge on any atom is 0.248 e. The highest BCUT2D eigenvalue weighted by Crippen LogP contribution is 2.28. The summed E-state index contributed by atoms with van der Waals surface area (Å²) in [6, 6.07) is 18.7. The number of amides is 2. The van der Waals surface area contributed by atoms with Crippen LogP contribution in [-0.4, -0.2) is 39.8 Å². The molecule has 1 aliphatic heterocycles. The summed E-state index contributed by atoms with van der Waals surface area (Å²) in [7, 11) is 0. The number of pyridine rings is 2. The number of nitrogens with zero attached hydrogens (tertiary/aromatic N) is 3. The summed E-state index contributed by atoms with van der Waals surface area (Å²) < 4.78 is 0. The van der Waals surface area contributed by atoms with E-state index in [4.69, 9.17) is 10.7 Å². The smallest absolute Gasteiger partial charge is 0.248 e. The lowest BCUT2D eigenvalue weighted by molar-refractivity contribution is -0.131. The van der Waals surface area contributed by atoms with Crippen molar-refractivity contribution in [3.63, 3.8) is 0 Å². The van der Waals surface area contributed by atoms with Crippen LogP contribution in [0.1, 0.15) is 40.5 Å². The Morgan fingerprint density at radius 3 is 2.73 bits per heavy atom. The molecule has 2 aromatic heterocycles. The van der Waals surface area contributed by atoms with Crippen LogP contribution >= 0.6 is 0 Å². The molecular formula is C24H24N4O2. The minimum Gasteiger partial charge on any atom is -0.366 e. The summed E-state index contributed by atoms with van der Waals surface area (Å²) in [4.78, 5) is 35.3. The predicted octanol–water partition coefficient (Wildman–Crippen LogP) is 3.19. The molecule has 1 fully saturated rings. The lowest BCUT2D eigenvalue weighted by atomic mass is 9.93. The van der Waals surface area contributed by atoms with Gasteiger partial charge in [0.05, 0.1) is 12.1 Å². The number of primary amides is 1. The highest BCUT2D eigenvalue weighted by molar-refractivity contribution is 5.94. The minimum absolute atomic E-state index is 0.101. The molecule has 0 saturated carbocycles. The first kappa shape index (κ1) is 19.8. The Morgan fingerprint density at radius 1 is 1.07 bits per heavy atom. The van der Waals surface area contributed by atoms with E-state index >= 15 is 0 Å². The Morgan fingerprint density at radius 2 is 1.93 bits per heavy atom. The normalized spacial score (nSPS) is 16.3. The molecule has 0 bridgehead atoms. The number of carbonyl (C=O) groups excluding carboxylic acids is 2. The fourth-order valence-corrected chi connectivity index (χ4v) is 3.89. The summed E-state index contributed by atoms with van der Waals surface area (Å²) in [5, 5.41) is 0. The van der Waals surface area contributed by atoms with E-state index in [1.807, 2.05) is 53.4 Å². The summed E-state index contributed by atoms with van der Waals surface area (Å²) in [6.45, 7) is 1.42. The van der Waals surface area contributed by atoms with Gasteiger partial charge in [0, 0.05) is 47.7 Å². The molecule has 0 radical (unpaired) electrons. The average Bonchev–Trinajstić information content (AvgIpc) is 2.80. The van der Waals surface area contributed by atoms with Gasteiger partial charge in [-0.2, -0.15) is 0 Å². The first-order valence-electron chi connectivity index (χ1n) is 10.1. The Kier molecular flexibility index (Phi) is 5.84. The molecule has 0 spiro atoms. The van der Waals surface area contributed by atoms with Crippen LogP contribution in [0.15, 0.2) is 66.9 Å². The SMILES string of the molecule is NC(=O)c1cccc(-c2cccc([C@H]3CCCN(C(=O)Cc4ccccn4)C3)n2)c1. The Labute approximate surface area is 175 Å². The van der Waals surface area contributed by atoms with Crippen LogP contribution in [0.25, 0.3) is 11.3 Å². The van der Waals surface area contributed by atoms with Crippen LogP contribution in [0.4, 0.5) is 0 Å². The number of benzene rings is 1. The van der Waals surface area contributed by atoms with Crippen LogP contribution in [-0.2, 0) is 11.2 Å². The maximum absolute atomic E-state index is 12.8. The van der Waals surface area contributed by atoms with Crippen molar-refractivity contribution in [3.05, 3.63) is 83.8 Å². The quantitative estimate of drug-likeness (QED) is 0.712. The monoisotopic (exact) mass is 400 g/mol. The molecule has 0 unspecified atom stereocenters. The Bertz CT molecular complexity index is 1050. The van der Waals surface area contributed by atoms with Crippen LogP contribution in [0, 0.1) is 0 Å². The van der Waals surface area contributed by atoms with Gasteiger partial charge >= 0.3 is 0 Å². The van der Waals surface area contributed by atoms with Gasteiger partial charge in [-0.1, -0.05) is 24.3 Å². The molecule has 1 aromatic carbocycles. The van der Waals surface area contributed by atoms with E-state index in [2.05, 4.69) is 4.98 Å². The van der Waals surface area contributed by atoms with Crippen molar-refractivity contribution in [2.75, 3.05) is 13.1 Å². The second-order valence-corrected chi connectivity index (χ2v) is 7.57. The number of aromatic nitrogens is 2. The number of likely N-dealkylation sites (tertiary alicyclic amines) is 1. The second-order valence-electron chi connectivity index (χ2n) is 7.57. The van der Waals surface area contributed by atoms with E-state index in [1.165, 1.54) is 0 Å². The van der Waals surface area contributed by atoms with Gasteiger partial charge in [-0.25, -0.2) is 0 Å². The van der Waals surface area contributed by atoms with Gasteiger partial charge in [0.15, 0.2) is 0 Å². The molecule has 3 heterocycles. The van der Waals surface area contributed by atoms with Crippen molar-refractivity contribution in [3.8, 4) is 11.3 Å². The lowest BCUT2D eigenvalue weighted by Crippen LogP contribution is -2.40. The summed E-state index contributed by atoms with van der Waals surface area (Å²) in [5.41, 5.74) is 9.28. The fourth-order valence-electron chi connectivity index (χ4n) is 3.89. The molecule has 1 atom stereocenters. The first-order valence-corrected chi connectivity index (χ1v) is 10.1. The van der Waals surface area contributed by atoms with Crippen molar-refractivity contribution in [2.45, 2.75) is 25.2 Å². The number of hydrogen-bond acceptors (Lipinski definition) is 4. The summed E-state index contributed by atoms with van der Waals surface area (Å²) in [5.74, 6) is -0.170. The van der Waals surface area contributed by atoms with Gasteiger partial charge in [0.25, 0.3) is 0 Å². The highest BCUT2D eigenvalue weighted by Gasteiger charge is 2.26. The summed E-state index contributed by atoms with van der Waals surface area (Å²) in [6.07, 6.45) is 3.97. The van der Waals surface area contributed by atoms with Gasteiger partial charge in [-0.05, 0) is 49.2 Å². The van der Waals surface area contributed by atoms with Crippen molar-refractivity contribution in [1.82, 2.24) is 14.9 Å². The van der Waals surface area contributed by atoms with Gasteiger partial charge in [0.1, 0.15) is 0 Å². The van der Waals surface area contributed by atoms with Gasteiger partial charge < -0.3 is 10.6 Å². The first-order chi connectivity index (χ1) is 14.6. The molecule has 3 aromatic rings. The van der Waals surface area contributed by atoms with Crippen LogP contribution in [0.5, 0.6) is 0 Å². The van der Waals surface area contributed by atoms with Crippen molar-refractivity contribution >= 4 is 11.8 Å². The molecule has 30 heavy (non-hydrogen) atoms. The number of rotatable bonds is 5. The third kappa shape index (κ3) is 4.54. The molecule has 2 N–H and O–H groups in total. The highest BCUT2D eigenvalue weighted by atomic mass is 16.2. The van der Waals surface area contributed by atoms with Gasteiger partial charge in [0.2, 0.25) is 11.8 Å². The number of hydrogen-bond donors (Lipinski definition) is 1. The fraction of sp³-hybridized carbons (Fsp3) is 0.250. The Balaban J connectivity index is 1.50. The molecule has 0 aliphatic carbocycles. The third-order valence-corrected chi connectivity index (χ3v) is 5.46. The van der Waals surface area contributed by atoms with Crippen molar-refractivity contribution in [2.24, 2.45) is 5.73 Å². The molecule has 1 aliphatic rings. The van der Waals surface area contributed by atoms with E-state index in [0.29, 0.717) is 18.5 Å². The zero-order valence-electron chi connectivity index (χ0n) is 16.7. The molecular weight excluding hydrogens is 376 g/mol. The molecule has 6 nitrogen and oxygen atoms in total. The summed E-state index contributed by atoms with van der Waals surface area (Å²) >= 11 is 0. The predicted molar refractivity (Wildman–Crippen MR) is 115 cm³/mol. The second kappa shape index (κ2) is 8.86. The van der Waals surface area contributed by atoms with E-state index in [-0.39, 0.29) is 11.8 Å². The molecule has 152 valence electrons. The standard InChI is InChI=1S/C24H24N4O2/c25-24(30)18-7-3-6-17(14-18)21-10-4-11-22(27-21)19-8-5-13-28(16-19)23(29)15-20-9-1-2-12-26-20/h1-4,6-7,9-12,14,19H,5,8,13,15-16H2,(H2,25,30)/t19-/m0/s1. The molecule has 2 amide bonds. The van der Waals surface area contributed by atoms with Crippen molar-refractivity contribution in [1.29, 1.82) is 0 Å². The zero-order chi connectivity index (χ0) is 20.9. The van der Waals surface area contributed by atoms with E-state index in [1.54, 1.807) is 18.3 Å².